The lowest BCUT2D eigenvalue weighted by molar-refractivity contribution is -0.157. The molecule has 1 fully saturated rings. The van der Waals surface area contributed by atoms with E-state index >= 15 is 0 Å². The van der Waals surface area contributed by atoms with Crippen LogP contribution in [0.3, 0.4) is 0 Å². The molecule has 1 saturated heterocycles. The number of morpholine rings is 1. The molecular formula is C13H15ClFNO3. The van der Waals surface area contributed by atoms with Gasteiger partial charge in [0.25, 0.3) is 0 Å². The van der Waals surface area contributed by atoms with E-state index in [4.69, 9.17) is 21.4 Å². The second kappa shape index (κ2) is 5.86. The van der Waals surface area contributed by atoms with Gasteiger partial charge in [-0.3, -0.25) is 4.90 Å². The number of halogens is 2. The van der Waals surface area contributed by atoms with Crippen LogP contribution in [0.5, 0.6) is 0 Å². The molecule has 0 spiro atoms. The highest BCUT2D eigenvalue weighted by atomic mass is 35.5. The molecule has 2 unspecified atom stereocenters. The number of hydrogen-bond donors (Lipinski definition) is 1. The molecule has 1 N–H and O–H groups in total. The van der Waals surface area contributed by atoms with Gasteiger partial charge in [0.15, 0.2) is 6.10 Å². The topological polar surface area (TPSA) is 49.8 Å². The van der Waals surface area contributed by atoms with Crippen LogP contribution >= 0.6 is 11.6 Å². The first-order valence-electron chi connectivity index (χ1n) is 6.02. The van der Waals surface area contributed by atoms with E-state index in [9.17, 15) is 9.18 Å². The Morgan fingerprint density at radius 3 is 3.00 bits per heavy atom. The highest BCUT2D eigenvalue weighted by Gasteiger charge is 2.29. The predicted octanol–water partition coefficient (Wildman–Crippen LogP) is 2.33. The van der Waals surface area contributed by atoms with Gasteiger partial charge in [-0.25, -0.2) is 9.18 Å². The molecule has 1 aliphatic rings. The number of carbonyl (C=O) groups is 1. The highest BCUT2D eigenvalue weighted by Crippen LogP contribution is 2.26. The molecule has 6 heteroatoms. The largest absolute Gasteiger partial charge is 0.479 e. The summed E-state index contributed by atoms with van der Waals surface area (Å²) in [5.74, 6) is -1.42. The Morgan fingerprint density at radius 1 is 1.63 bits per heavy atom. The number of carboxylic acid groups (broad SMARTS) is 1. The van der Waals surface area contributed by atoms with Gasteiger partial charge >= 0.3 is 5.97 Å². The quantitative estimate of drug-likeness (QED) is 0.927. The lowest BCUT2D eigenvalue weighted by atomic mass is 10.1. The molecule has 0 bridgehead atoms. The fourth-order valence-corrected chi connectivity index (χ4v) is 2.34. The van der Waals surface area contributed by atoms with Gasteiger partial charge in [0.05, 0.1) is 11.6 Å². The molecule has 0 aromatic heterocycles. The third-order valence-electron chi connectivity index (χ3n) is 3.35. The van der Waals surface area contributed by atoms with E-state index in [1.807, 2.05) is 11.8 Å². The van der Waals surface area contributed by atoms with Crippen LogP contribution in [-0.2, 0) is 9.53 Å². The van der Waals surface area contributed by atoms with Crippen LogP contribution in [0.1, 0.15) is 18.5 Å². The van der Waals surface area contributed by atoms with E-state index < -0.39 is 17.9 Å². The molecule has 0 saturated carbocycles. The Morgan fingerprint density at radius 2 is 2.37 bits per heavy atom. The SMILES string of the molecule is CC(c1ccc(F)c(Cl)c1)N1CCOC(C(=O)O)C1. The van der Waals surface area contributed by atoms with Crippen LogP contribution in [0, 0.1) is 5.82 Å². The van der Waals surface area contributed by atoms with E-state index in [0.29, 0.717) is 19.7 Å². The molecule has 1 aromatic rings. The van der Waals surface area contributed by atoms with Crippen molar-refractivity contribution >= 4 is 17.6 Å². The zero-order chi connectivity index (χ0) is 14.0. The summed E-state index contributed by atoms with van der Waals surface area (Å²) in [6.07, 6.45) is -0.813. The Bertz CT molecular complexity index is 483. The minimum atomic E-state index is -0.964. The molecule has 1 heterocycles. The summed E-state index contributed by atoms with van der Waals surface area (Å²) in [7, 11) is 0. The first-order chi connectivity index (χ1) is 8.99. The Balaban J connectivity index is 2.12. The van der Waals surface area contributed by atoms with Gasteiger partial charge in [0.1, 0.15) is 5.82 Å². The first kappa shape index (κ1) is 14.2. The zero-order valence-electron chi connectivity index (χ0n) is 10.5. The van der Waals surface area contributed by atoms with Crippen LogP contribution in [0.4, 0.5) is 4.39 Å². The minimum Gasteiger partial charge on any atom is -0.479 e. The van der Waals surface area contributed by atoms with Gasteiger partial charge in [-0.2, -0.15) is 0 Å². The molecule has 4 nitrogen and oxygen atoms in total. The number of rotatable bonds is 3. The van der Waals surface area contributed by atoms with E-state index in [-0.39, 0.29) is 11.1 Å². The van der Waals surface area contributed by atoms with Crippen molar-refractivity contribution in [2.75, 3.05) is 19.7 Å². The van der Waals surface area contributed by atoms with Gasteiger partial charge in [0, 0.05) is 19.1 Å². The van der Waals surface area contributed by atoms with Gasteiger partial charge < -0.3 is 9.84 Å². The highest BCUT2D eigenvalue weighted by molar-refractivity contribution is 6.30. The first-order valence-corrected chi connectivity index (χ1v) is 6.40. The maximum atomic E-state index is 13.1. The van der Waals surface area contributed by atoms with Crippen LogP contribution in [0.25, 0.3) is 0 Å². The second-order valence-electron chi connectivity index (χ2n) is 4.54. The molecule has 104 valence electrons. The number of benzene rings is 1. The fraction of sp³-hybridized carbons (Fsp3) is 0.462. The van der Waals surface area contributed by atoms with Crippen molar-refractivity contribution in [2.45, 2.75) is 19.1 Å². The van der Waals surface area contributed by atoms with Crippen LogP contribution in [0.2, 0.25) is 5.02 Å². The normalized spacial score (nSPS) is 22.2. The summed E-state index contributed by atoms with van der Waals surface area (Å²) >= 11 is 5.76. The number of carboxylic acids is 1. The number of aliphatic carboxylic acids is 1. The average molecular weight is 288 g/mol. The maximum absolute atomic E-state index is 13.1. The fourth-order valence-electron chi connectivity index (χ4n) is 2.15. The van der Waals surface area contributed by atoms with E-state index in [1.54, 1.807) is 12.1 Å². The number of ether oxygens (including phenoxy) is 1. The summed E-state index contributed by atoms with van der Waals surface area (Å²) in [5, 5.41) is 9.04. The van der Waals surface area contributed by atoms with Crippen LogP contribution in [0.15, 0.2) is 18.2 Å². The smallest absolute Gasteiger partial charge is 0.334 e. The van der Waals surface area contributed by atoms with Crippen molar-refractivity contribution in [1.29, 1.82) is 0 Å². The third kappa shape index (κ3) is 3.23. The van der Waals surface area contributed by atoms with Crippen molar-refractivity contribution in [3.8, 4) is 0 Å². The molecule has 2 rings (SSSR count). The van der Waals surface area contributed by atoms with Crippen LogP contribution < -0.4 is 0 Å². The summed E-state index contributed by atoms with van der Waals surface area (Å²) < 4.78 is 18.3. The summed E-state index contributed by atoms with van der Waals surface area (Å²) in [6.45, 7) is 3.26. The standard InChI is InChI=1S/C13H15ClFNO3/c1-8(9-2-3-11(15)10(14)6-9)16-4-5-19-12(7-16)13(17)18/h2-3,6,8,12H,4-5,7H2,1H3,(H,17,18). The van der Waals surface area contributed by atoms with Crippen molar-refractivity contribution in [1.82, 2.24) is 4.90 Å². The summed E-state index contributed by atoms with van der Waals surface area (Å²) in [4.78, 5) is 12.9. The predicted molar refractivity (Wildman–Crippen MR) is 68.8 cm³/mol. The molecule has 1 aromatic carbocycles. The Labute approximate surface area is 115 Å². The van der Waals surface area contributed by atoms with Gasteiger partial charge in [-0.15, -0.1) is 0 Å². The summed E-state index contributed by atoms with van der Waals surface area (Å²) in [5.41, 5.74) is 0.859. The van der Waals surface area contributed by atoms with Crippen molar-refractivity contribution in [2.24, 2.45) is 0 Å². The van der Waals surface area contributed by atoms with Gasteiger partial charge in [0.2, 0.25) is 0 Å². The van der Waals surface area contributed by atoms with Crippen molar-refractivity contribution < 1.29 is 19.0 Å². The minimum absolute atomic E-state index is 0.0381. The monoisotopic (exact) mass is 287 g/mol. The van der Waals surface area contributed by atoms with Crippen molar-refractivity contribution in [3.63, 3.8) is 0 Å². The molecule has 2 atom stereocenters. The molecule has 1 aliphatic heterocycles. The number of nitrogens with zero attached hydrogens (tertiary/aromatic N) is 1. The van der Waals surface area contributed by atoms with E-state index in [0.717, 1.165) is 5.56 Å². The average Bonchev–Trinajstić information content (AvgIpc) is 2.41. The molecular weight excluding hydrogens is 273 g/mol. The number of hydrogen-bond acceptors (Lipinski definition) is 3. The lowest BCUT2D eigenvalue weighted by Gasteiger charge is -2.35. The maximum Gasteiger partial charge on any atom is 0.334 e. The third-order valence-corrected chi connectivity index (χ3v) is 3.64. The Hall–Kier alpha value is -1.17. The Kier molecular flexibility index (Phi) is 4.39. The molecule has 19 heavy (non-hydrogen) atoms. The zero-order valence-corrected chi connectivity index (χ0v) is 11.2. The lowest BCUT2D eigenvalue weighted by Crippen LogP contribution is -2.46. The van der Waals surface area contributed by atoms with Gasteiger partial charge in [-0.1, -0.05) is 17.7 Å². The van der Waals surface area contributed by atoms with Crippen molar-refractivity contribution in [3.05, 3.63) is 34.6 Å². The molecule has 0 amide bonds. The van der Waals surface area contributed by atoms with E-state index in [1.165, 1.54) is 6.07 Å². The second-order valence-corrected chi connectivity index (χ2v) is 4.95. The molecule has 0 aliphatic carbocycles. The van der Waals surface area contributed by atoms with E-state index in [2.05, 4.69) is 0 Å². The van der Waals surface area contributed by atoms with Crippen LogP contribution in [-0.4, -0.2) is 41.8 Å². The van der Waals surface area contributed by atoms with Gasteiger partial charge in [-0.05, 0) is 24.6 Å². The molecule has 0 radical (unpaired) electrons. The summed E-state index contributed by atoms with van der Waals surface area (Å²) in [6, 6.07) is 4.52.